The summed E-state index contributed by atoms with van der Waals surface area (Å²) < 4.78 is 38.7. The Labute approximate surface area is 141 Å². The molecule has 0 saturated heterocycles. The molecule has 2 aromatic carbocycles. The zero-order valence-corrected chi connectivity index (χ0v) is 13.5. The van der Waals surface area contributed by atoms with Crippen LogP contribution in [0.25, 0.3) is 10.8 Å². The molecule has 25 heavy (non-hydrogen) atoms. The second kappa shape index (κ2) is 6.16. The lowest BCUT2D eigenvalue weighted by atomic mass is 10.1. The molecule has 1 amide bonds. The van der Waals surface area contributed by atoms with Crippen molar-refractivity contribution in [2.75, 3.05) is 11.9 Å². The third kappa shape index (κ3) is 3.31. The van der Waals surface area contributed by atoms with Crippen molar-refractivity contribution in [1.29, 1.82) is 0 Å². The molecule has 0 aliphatic heterocycles. The molecule has 7 heteroatoms. The minimum absolute atomic E-state index is 0.0806. The van der Waals surface area contributed by atoms with Crippen molar-refractivity contribution < 1.29 is 18.0 Å². The lowest BCUT2D eigenvalue weighted by Gasteiger charge is -2.19. The summed E-state index contributed by atoms with van der Waals surface area (Å²) in [6, 6.07) is 14.1. The summed E-state index contributed by atoms with van der Waals surface area (Å²) in [5.41, 5.74) is 0.375. The Morgan fingerprint density at radius 2 is 1.72 bits per heavy atom. The molecule has 0 N–H and O–H groups in total. The summed E-state index contributed by atoms with van der Waals surface area (Å²) in [6.45, 7) is 1.39. The van der Waals surface area contributed by atoms with Crippen molar-refractivity contribution in [1.82, 2.24) is 9.97 Å². The summed E-state index contributed by atoms with van der Waals surface area (Å²) in [7, 11) is 1.51. The Kier molecular flexibility index (Phi) is 4.16. The predicted molar refractivity (Wildman–Crippen MR) is 88.5 cm³/mol. The van der Waals surface area contributed by atoms with Crippen molar-refractivity contribution in [3.05, 3.63) is 65.7 Å². The van der Waals surface area contributed by atoms with Gasteiger partial charge >= 0.3 is 6.18 Å². The number of carbonyl (C=O) groups is 1. The molecule has 0 spiro atoms. The molecule has 0 fully saturated rings. The highest BCUT2D eigenvalue weighted by Gasteiger charge is 2.36. The fourth-order valence-corrected chi connectivity index (χ4v) is 2.59. The van der Waals surface area contributed by atoms with Gasteiger partial charge in [-0.05, 0) is 24.4 Å². The summed E-state index contributed by atoms with van der Waals surface area (Å²) in [5.74, 6) is -1.95. The molecule has 3 rings (SSSR count). The fourth-order valence-electron chi connectivity index (χ4n) is 2.59. The second-order valence-electron chi connectivity index (χ2n) is 5.58. The van der Waals surface area contributed by atoms with E-state index in [1.54, 1.807) is 12.1 Å². The van der Waals surface area contributed by atoms with Crippen LogP contribution in [0.4, 0.5) is 18.9 Å². The molecular weight excluding hydrogens is 331 g/mol. The van der Waals surface area contributed by atoms with Gasteiger partial charge in [-0.15, -0.1) is 0 Å². The van der Waals surface area contributed by atoms with Crippen LogP contribution in [0.2, 0.25) is 0 Å². The highest BCUT2D eigenvalue weighted by molar-refractivity contribution is 6.09. The van der Waals surface area contributed by atoms with Crippen molar-refractivity contribution in [2.45, 2.75) is 13.1 Å². The molecular formula is C18H14F3N3O. The Morgan fingerprint density at radius 1 is 1.04 bits per heavy atom. The normalized spacial score (nSPS) is 11.6. The van der Waals surface area contributed by atoms with Crippen LogP contribution in [0.3, 0.4) is 0 Å². The van der Waals surface area contributed by atoms with E-state index in [0.29, 0.717) is 5.69 Å². The first-order valence-corrected chi connectivity index (χ1v) is 7.46. The molecule has 3 aromatic rings. The molecule has 0 radical (unpaired) electrons. The van der Waals surface area contributed by atoms with E-state index < -0.39 is 17.9 Å². The number of hydrogen-bond donors (Lipinski definition) is 0. The number of carbonyl (C=O) groups excluding carboxylic acids is 1. The van der Waals surface area contributed by atoms with Gasteiger partial charge in [-0.1, -0.05) is 36.4 Å². The maximum atomic E-state index is 12.9. The van der Waals surface area contributed by atoms with Crippen LogP contribution < -0.4 is 4.90 Å². The van der Waals surface area contributed by atoms with Crippen molar-refractivity contribution in [3.8, 4) is 0 Å². The maximum absolute atomic E-state index is 12.9. The van der Waals surface area contributed by atoms with Gasteiger partial charge < -0.3 is 4.90 Å². The number of aromatic nitrogens is 2. The topological polar surface area (TPSA) is 46.1 Å². The quantitative estimate of drug-likeness (QED) is 0.698. The van der Waals surface area contributed by atoms with E-state index in [1.807, 2.05) is 30.3 Å². The zero-order valence-electron chi connectivity index (χ0n) is 13.5. The van der Waals surface area contributed by atoms with E-state index >= 15 is 0 Å². The Morgan fingerprint density at radius 3 is 2.44 bits per heavy atom. The molecule has 1 aromatic heterocycles. The number of alkyl halides is 3. The van der Waals surface area contributed by atoms with Gasteiger partial charge in [0.15, 0.2) is 0 Å². The van der Waals surface area contributed by atoms with Gasteiger partial charge in [-0.3, -0.25) is 4.79 Å². The highest BCUT2D eigenvalue weighted by Crippen LogP contribution is 2.28. The van der Waals surface area contributed by atoms with Crippen LogP contribution in [0.1, 0.15) is 22.0 Å². The van der Waals surface area contributed by atoms with Crippen molar-refractivity contribution in [3.63, 3.8) is 0 Å². The molecule has 4 nitrogen and oxygen atoms in total. The number of anilines is 1. The number of amides is 1. The number of benzene rings is 2. The van der Waals surface area contributed by atoms with Crippen LogP contribution in [0.5, 0.6) is 0 Å². The van der Waals surface area contributed by atoms with Crippen molar-refractivity contribution >= 4 is 22.4 Å². The number of rotatable bonds is 2. The summed E-state index contributed by atoms with van der Waals surface area (Å²) in [4.78, 5) is 20.8. The standard InChI is InChI=1S/C18H14F3N3O/c1-11-10-14(23-17(22-11)18(19,20)21)16(25)24(2)15-9-5-7-12-6-3-4-8-13(12)15/h3-10H,1-2H3. The van der Waals surface area contributed by atoms with Gasteiger partial charge in [-0.25, -0.2) is 9.97 Å². The van der Waals surface area contributed by atoms with E-state index in [1.165, 1.54) is 24.9 Å². The van der Waals surface area contributed by atoms with Crippen LogP contribution in [0.15, 0.2) is 48.5 Å². The molecule has 0 atom stereocenters. The van der Waals surface area contributed by atoms with Crippen LogP contribution in [-0.2, 0) is 6.18 Å². The SMILES string of the molecule is Cc1cc(C(=O)N(C)c2cccc3ccccc23)nc(C(F)(F)F)n1. The van der Waals surface area contributed by atoms with E-state index in [2.05, 4.69) is 9.97 Å². The minimum Gasteiger partial charge on any atom is -0.309 e. The molecule has 0 aliphatic rings. The summed E-state index contributed by atoms with van der Waals surface area (Å²) >= 11 is 0. The van der Waals surface area contributed by atoms with Crippen molar-refractivity contribution in [2.24, 2.45) is 0 Å². The highest BCUT2D eigenvalue weighted by atomic mass is 19.4. The van der Waals surface area contributed by atoms with Gasteiger partial charge in [0.05, 0.1) is 5.69 Å². The van der Waals surface area contributed by atoms with Gasteiger partial charge in [0.2, 0.25) is 5.82 Å². The van der Waals surface area contributed by atoms with Crippen LogP contribution in [0, 0.1) is 6.92 Å². The average Bonchev–Trinajstić information content (AvgIpc) is 2.58. The first kappa shape index (κ1) is 16.9. The number of nitrogens with zero attached hydrogens (tertiary/aromatic N) is 3. The molecule has 0 aliphatic carbocycles. The molecule has 0 bridgehead atoms. The van der Waals surface area contributed by atoms with Crippen LogP contribution in [-0.4, -0.2) is 22.9 Å². The van der Waals surface area contributed by atoms with Crippen LogP contribution >= 0.6 is 0 Å². The Bertz CT molecular complexity index is 948. The van der Waals surface area contributed by atoms with Gasteiger partial charge in [0.25, 0.3) is 5.91 Å². The van der Waals surface area contributed by atoms with Gasteiger partial charge in [0.1, 0.15) is 5.69 Å². The predicted octanol–water partition coefficient (Wildman–Crippen LogP) is 4.23. The summed E-state index contributed by atoms with van der Waals surface area (Å²) in [6.07, 6.45) is -4.71. The monoisotopic (exact) mass is 345 g/mol. The van der Waals surface area contributed by atoms with E-state index in [-0.39, 0.29) is 11.4 Å². The lowest BCUT2D eigenvalue weighted by Crippen LogP contribution is -2.28. The lowest BCUT2D eigenvalue weighted by molar-refractivity contribution is -0.145. The molecule has 0 saturated carbocycles. The maximum Gasteiger partial charge on any atom is 0.451 e. The summed E-state index contributed by atoms with van der Waals surface area (Å²) in [5, 5.41) is 1.75. The minimum atomic E-state index is -4.71. The third-order valence-electron chi connectivity index (χ3n) is 3.76. The van der Waals surface area contributed by atoms with Gasteiger partial charge in [-0.2, -0.15) is 13.2 Å². The molecule has 1 heterocycles. The Balaban J connectivity index is 2.05. The van der Waals surface area contributed by atoms with E-state index in [9.17, 15) is 18.0 Å². The number of fused-ring (bicyclic) bond motifs is 1. The van der Waals surface area contributed by atoms with E-state index in [4.69, 9.17) is 0 Å². The van der Waals surface area contributed by atoms with E-state index in [0.717, 1.165) is 10.8 Å². The average molecular weight is 345 g/mol. The number of aryl methyl sites for hydroxylation is 1. The zero-order chi connectivity index (χ0) is 18.2. The Hall–Kier alpha value is -2.96. The number of hydrogen-bond acceptors (Lipinski definition) is 3. The third-order valence-corrected chi connectivity index (χ3v) is 3.76. The first-order valence-electron chi connectivity index (χ1n) is 7.46. The largest absolute Gasteiger partial charge is 0.451 e. The number of halogens is 3. The molecule has 0 unspecified atom stereocenters. The smallest absolute Gasteiger partial charge is 0.309 e. The second-order valence-corrected chi connectivity index (χ2v) is 5.58. The first-order chi connectivity index (χ1) is 11.8. The fraction of sp³-hybridized carbons (Fsp3) is 0.167. The van der Waals surface area contributed by atoms with Gasteiger partial charge in [0, 0.05) is 18.1 Å². The molecule has 128 valence electrons.